The van der Waals surface area contributed by atoms with E-state index in [9.17, 15) is 9.90 Å². The maximum atomic E-state index is 12.3. The SMILES string of the molecule is CCCCCCC/C=C\C/C=C\CCCCCCCCCCCCCCCCOCC(CO)OC(=O)CCCCCCCCCCCCCCCCCCCCCCCCCC. The van der Waals surface area contributed by atoms with Crippen LogP contribution in [0.15, 0.2) is 24.3 Å². The number of carbonyl (C=O) groups excluding carboxylic acids is 1. The smallest absolute Gasteiger partial charge is 0.306 e. The summed E-state index contributed by atoms with van der Waals surface area (Å²) < 4.78 is 11.3. The lowest BCUT2D eigenvalue weighted by molar-refractivity contribution is -0.154. The molecule has 1 N–H and O–H groups in total. The molecule has 0 aliphatic heterocycles. The highest BCUT2D eigenvalue weighted by molar-refractivity contribution is 5.69. The number of ether oxygens (including phenoxy) is 2. The Kier molecular flexibility index (Phi) is 55.0. The van der Waals surface area contributed by atoms with Crippen LogP contribution in [0.2, 0.25) is 0 Å². The topological polar surface area (TPSA) is 55.8 Å². The molecule has 0 bridgehead atoms. The first kappa shape index (κ1) is 60.9. The summed E-state index contributed by atoms with van der Waals surface area (Å²) in [4.78, 5) is 12.3. The second-order valence-electron chi connectivity index (χ2n) is 19.4. The predicted octanol–water partition coefficient (Wildman–Crippen LogP) is 19.4. The van der Waals surface area contributed by atoms with E-state index in [1.165, 1.54) is 270 Å². The molecule has 0 aromatic heterocycles. The quantitative estimate of drug-likeness (QED) is 0.0376. The van der Waals surface area contributed by atoms with Crippen molar-refractivity contribution in [2.24, 2.45) is 0 Å². The van der Waals surface area contributed by atoms with E-state index in [-0.39, 0.29) is 12.6 Å². The van der Waals surface area contributed by atoms with Crippen LogP contribution in [-0.4, -0.2) is 37.0 Å². The van der Waals surface area contributed by atoms with E-state index in [2.05, 4.69) is 38.2 Å². The van der Waals surface area contributed by atoms with E-state index in [0.717, 1.165) is 25.7 Å². The molecule has 4 heteroatoms. The molecule has 0 radical (unpaired) electrons. The van der Waals surface area contributed by atoms with Crippen LogP contribution in [-0.2, 0) is 14.3 Å². The summed E-state index contributed by atoms with van der Waals surface area (Å²) in [6, 6.07) is 0. The van der Waals surface area contributed by atoms with Crippen LogP contribution in [0.25, 0.3) is 0 Å². The Labute approximate surface area is 389 Å². The molecule has 0 aromatic carbocycles. The van der Waals surface area contributed by atoms with E-state index >= 15 is 0 Å². The average molecular weight is 874 g/mol. The van der Waals surface area contributed by atoms with Crippen LogP contribution in [0, 0.1) is 0 Å². The second-order valence-corrected chi connectivity index (χ2v) is 19.4. The largest absolute Gasteiger partial charge is 0.457 e. The first-order valence-corrected chi connectivity index (χ1v) is 28.4. The Hall–Kier alpha value is -1.13. The van der Waals surface area contributed by atoms with Crippen LogP contribution < -0.4 is 0 Å². The minimum Gasteiger partial charge on any atom is -0.457 e. The van der Waals surface area contributed by atoms with E-state index in [1.54, 1.807) is 0 Å². The first-order chi connectivity index (χ1) is 30.7. The highest BCUT2D eigenvalue weighted by Gasteiger charge is 2.13. The van der Waals surface area contributed by atoms with Gasteiger partial charge in [-0.1, -0.05) is 289 Å². The highest BCUT2D eigenvalue weighted by Crippen LogP contribution is 2.17. The number of esters is 1. The van der Waals surface area contributed by atoms with Crippen molar-refractivity contribution >= 4 is 5.97 Å². The highest BCUT2D eigenvalue weighted by atomic mass is 16.6. The Morgan fingerprint density at radius 1 is 0.387 bits per heavy atom. The van der Waals surface area contributed by atoms with Gasteiger partial charge in [-0.2, -0.15) is 0 Å². The zero-order chi connectivity index (χ0) is 44.8. The van der Waals surface area contributed by atoms with Crippen molar-refractivity contribution in [3.8, 4) is 0 Å². The molecule has 4 nitrogen and oxygen atoms in total. The molecule has 0 saturated heterocycles. The standard InChI is InChI=1S/C58H112O4/c1-3-5-7-9-11-13-15-17-19-21-23-25-27-29-30-32-34-36-38-40-42-44-46-48-50-52-54-61-56-57(55-59)62-58(60)53-51-49-47-45-43-41-39-37-35-33-31-28-26-24-22-20-18-16-14-12-10-8-6-4-2/h15,17,21,23,57,59H,3-14,16,18-20,22,24-56H2,1-2H3/b17-15-,23-21-. The van der Waals surface area contributed by atoms with Crippen molar-refractivity contribution < 1.29 is 19.4 Å². The van der Waals surface area contributed by atoms with Gasteiger partial charge in [0, 0.05) is 13.0 Å². The number of rotatable bonds is 54. The molecule has 62 heavy (non-hydrogen) atoms. The van der Waals surface area contributed by atoms with Crippen molar-refractivity contribution in [3.05, 3.63) is 24.3 Å². The number of aliphatic hydroxyl groups is 1. The third kappa shape index (κ3) is 53.2. The van der Waals surface area contributed by atoms with Gasteiger partial charge in [-0.05, 0) is 44.9 Å². The molecular formula is C58H112O4. The molecule has 0 aliphatic carbocycles. The number of unbranched alkanes of at least 4 members (excludes halogenated alkanes) is 42. The maximum absolute atomic E-state index is 12.3. The normalized spacial score (nSPS) is 12.4. The summed E-state index contributed by atoms with van der Waals surface area (Å²) in [5, 5.41) is 9.68. The van der Waals surface area contributed by atoms with Gasteiger partial charge in [0.25, 0.3) is 0 Å². The van der Waals surface area contributed by atoms with Crippen molar-refractivity contribution in [3.63, 3.8) is 0 Å². The van der Waals surface area contributed by atoms with Gasteiger partial charge in [0.15, 0.2) is 0 Å². The molecule has 0 amide bonds. The van der Waals surface area contributed by atoms with Crippen LogP contribution in [0.5, 0.6) is 0 Å². The predicted molar refractivity (Wildman–Crippen MR) is 274 cm³/mol. The van der Waals surface area contributed by atoms with Gasteiger partial charge in [0.2, 0.25) is 0 Å². The zero-order valence-electron chi connectivity index (χ0n) is 42.4. The minimum absolute atomic E-state index is 0.166. The maximum Gasteiger partial charge on any atom is 0.306 e. The molecule has 1 unspecified atom stereocenters. The fraction of sp³-hybridized carbons (Fsp3) is 0.914. The lowest BCUT2D eigenvalue weighted by Crippen LogP contribution is -2.27. The average Bonchev–Trinajstić information content (AvgIpc) is 3.28. The number of carbonyl (C=O) groups is 1. The van der Waals surface area contributed by atoms with Crippen molar-refractivity contribution in [1.29, 1.82) is 0 Å². The molecule has 0 aliphatic rings. The zero-order valence-corrected chi connectivity index (χ0v) is 42.4. The van der Waals surface area contributed by atoms with Gasteiger partial charge in [0.1, 0.15) is 6.10 Å². The fourth-order valence-corrected chi connectivity index (χ4v) is 8.78. The number of hydrogen-bond acceptors (Lipinski definition) is 4. The molecular weight excluding hydrogens is 761 g/mol. The third-order valence-corrected chi connectivity index (χ3v) is 13.0. The minimum atomic E-state index is -0.531. The summed E-state index contributed by atoms with van der Waals surface area (Å²) in [6.07, 6.45) is 71.6. The molecule has 0 saturated carbocycles. The van der Waals surface area contributed by atoms with Gasteiger partial charge in [-0.3, -0.25) is 4.79 Å². The summed E-state index contributed by atoms with van der Waals surface area (Å²) in [5.74, 6) is -0.192. The van der Waals surface area contributed by atoms with Crippen LogP contribution >= 0.6 is 0 Å². The van der Waals surface area contributed by atoms with Gasteiger partial charge < -0.3 is 14.6 Å². The monoisotopic (exact) mass is 873 g/mol. The van der Waals surface area contributed by atoms with Crippen molar-refractivity contribution in [2.45, 2.75) is 322 Å². The van der Waals surface area contributed by atoms with Crippen molar-refractivity contribution in [1.82, 2.24) is 0 Å². The summed E-state index contributed by atoms with van der Waals surface area (Å²) >= 11 is 0. The van der Waals surface area contributed by atoms with Gasteiger partial charge >= 0.3 is 5.97 Å². The molecule has 1 atom stereocenters. The van der Waals surface area contributed by atoms with Crippen LogP contribution in [0.1, 0.15) is 316 Å². The summed E-state index contributed by atoms with van der Waals surface area (Å²) in [5.41, 5.74) is 0. The molecule has 368 valence electrons. The van der Waals surface area contributed by atoms with Crippen LogP contribution in [0.4, 0.5) is 0 Å². The number of hydrogen-bond donors (Lipinski definition) is 1. The summed E-state index contributed by atoms with van der Waals surface area (Å²) in [7, 11) is 0. The lowest BCUT2D eigenvalue weighted by Gasteiger charge is -2.16. The Morgan fingerprint density at radius 3 is 1.00 bits per heavy atom. The van der Waals surface area contributed by atoms with Gasteiger partial charge in [-0.25, -0.2) is 0 Å². The molecule has 0 spiro atoms. The Morgan fingerprint density at radius 2 is 0.677 bits per heavy atom. The van der Waals surface area contributed by atoms with E-state index in [4.69, 9.17) is 9.47 Å². The van der Waals surface area contributed by atoms with E-state index in [1.807, 2.05) is 0 Å². The van der Waals surface area contributed by atoms with Gasteiger partial charge in [0.05, 0.1) is 13.2 Å². The van der Waals surface area contributed by atoms with Crippen molar-refractivity contribution in [2.75, 3.05) is 19.8 Å². The Bertz CT molecular complexity index is 883. The Balaban J connectivity index is 3.34. The second kappa shape index (κ2) is 56.0. The fourth-order valence-electron chi connectivity index (χ4n) is 8.78. The molecule has 0 rings (SSSR count). The lowest BCUT2D eigenvalue weighted by atomic mass is 10.0. The number of allylic oxidation sites excluding steroid dienone is 4. The third-order valence-electron chi connectivity index (χ3n) is 13.0. The van der Waals surface area contributed by atoms with Gasteiger partial charge in [-0.15, -0.1) is 0 Å². The summed E-state index contributed by atoms with van der Waals surface area (Å²) in [6.45, 7) is 5.40. The molecule has 0 heterocycles. The molecule has 0 aromatic rings. The van der Waals surface area contributed by atoms with E-state index < -0.39 is 6.10 Å². The number of aliphatic hydroxyl groups excluding tert-OH is 1. The van der Waals surface area contributed by atoms with Crippen LogP contribution in [0.3, 0.4) is 0 Å². The molecule has 0 fully saturated rings. The van der Waals surface area contributed by atoms with E-state index in [0.29, 0.717) is 19.6 Å². The first-order valence-electron chi connectivity index (χ1n) is 28.4.